The van der Waals surface area contributed by atoms with Crippen molar-refractivity contribution in [2.45, 2.75) is 58.0 Å². The van der Waals surface area contributed by atoms with Crippen LogP contribution in [0.15, 0.2) is 71.2 Å². The van der Waals surface area contributed by atoms with Gasteiger partial charge in [-0.05, 0) is 43.0 Å². The van der Waals surface area contributed by atoms with Crippen LogP contribution in [-0.4, -0.2) is 11.6 Å². The number of ether oxygens (including phenoxy) is 2. The molecule has 0 atom stereocenters. The normalized spacial score (nSPS) is 19.1. The molecule has 0 amide bonds. The van der Waals surface area contributed by atoms with Crippen LogP contribution in [0.1, 0.15) is 61.1 Å². The summed E-state index contributed by atoms with van der Waals surface area (Å²) in [7, 11) is 0. The van der Waals surface area contributed by atoms with E-state index < -0.39 is 0 Å². The number of carbonyl (C=O) groups is 2. The third-order valence-electron chi connectivity index (χ3n) is 6.38. The molecule has 0 aromatic heterocycles. The van der Waals surface area contributed by atoms with Gasteiger partial charge in [0.15, 0.2) is 11.6 Å². The molecule has 0 unspecified atom stereocenters. The Labute approximate surface area is 182 Å². The molecule has 31 heavy (non-hydrogen) atoms. The molecule has 0 radical (unpaired) electrons. The lowest BCUT2D eigenvalue weighted by atomic mass is 9.73. The van der Waals surface area contributed by atoms with Crippen molar-refractivity contribution in [1.82, 2.24) is 0 Å². The van der Waals surface area contributed by atoms with E-state index in [1.54, 1.807) is 0 Å². The third kappa shape index (κ3) is 3.83. The van der Waals surface area contributed by atoms with Crippen LogP contribution < -0.4 is 4.74 Å². The first-order valence-electron chi connectivity index (χ1n) is 11.1. The zero-order valence-corrected chi connectivity index (χ0v) is 17.8. The van der Waals surface area contributed by atoms with Crippen molar-refractivity contribution in [2.24, 2.45) is 0 Å². The first-order chi connectivity index (χ1) is 15.1. The lowest BCUT2D eigenvalue weighted by Crippen LogP contribution is -2.30. The molecule has 4 nitrogen and oxygen atoms in total. The zero-order chi connectivity index (χ0) is 21.4. The maximum absolute atomic E-state index is 12.8. The maximum atomic E-state index is 12.8. The van der Waals surface area contributed by atoms with Crippen LogP contribution in [0, 0.1) is 6.92 Å². The third-order valence-corrected chi connectivity index (χ3v) is 6.38. The van der Waals surface area contributed by atoms with E-state index in [1.165, 1.54) is 5.56 Å². The van der Waals surface area contributed by atoms with Crippen molar-refractivity contribution in [1.29, 1.82) is 0 Å². The molecule has 3 aliphatic rings. The standard InChI is InChI=1S/C27H26O4/c1-17-8-10-18(11-9-17)16-30-20-14-12-19(13-15-20)25-26-21(28)4-2-6-23(26)31-24-7-3-5-22(29)27(24)25/h8-15,25H,2-7,16H2,1H3. The van der Waals surface area contributed by atoms with Crippen LogP contribution in [0.5, 0.6) is 5.75 Å². The fraction of sp³-hybridized carbons (Fsp3) is 0.333. The van der Waals surface area contributed by atoms with Gasteiger partial charge in [-0.1, -0.05) is 42.0 Å². The molecule has 1 heterocycles. The number of aryl methyl sites for hydroxylation is 1. The lowest BCUT2D eigenvalue weighted by Gasteiger charge is -2.36. The minimum Gasteiger partial charge on any atom is -0.489 e. The molecule has 0 saturated heterocycles. The summed E-state index contributed by atoms with van der Waals surface area (Å²) < 4.78 is 12.0. The number of carbonyl (C=O) groups excluding carboxylic acids is 2. The highest BCUT2D eigenvalue weighted by atomic mass is 16.5. The number of hydrogen-bond acceptors (Lipinski definition) is 4. The summed E-state index contributed by atoms with van der Waals surface area (Å²) in [5.74, 6) is 2.21. The van der Waals surface area contributed by atoms with Crippen molar-refractivity contribution >= 4 is 11.6 Å². The summed E-state index contributed by atoms with van der Waals surface area (Å²) in [6.45, 7) is 2.56. The molecule has 158 valence electrons. The fourth-order valence-electron chi connectivity index (χ4n) is 4.76. The second kappa shape index (κ2) is 8.18. The molecule has 0 bridgehead atoms. The molecule has 0 saturated carbocycles. The van der Waals surface area contributed by atoms with Gasteiger partial charge in [-0.2, -0.15) is 0 Å². The van der Waals surface area contributed by atoms with Crippen LogP contribution >= 0.6 is 0 Å². The van der Waals surface area contributed by atoms with Gasteiger partial charge in [-0.25, -0.2) is 0 Å². The summed E-state index contributed by atoms with van der Waals surface area (Å²) >= 11 is 0. The average molecular weight is 415 g/mol. The molecule has 0 N–H and O–H groups in total. The zero-order valence-electron chi connectivity index (χ0n) is 17.8. The Bertz CT molecular complexity index is 1050. The monoisotopic (exact) mass is 414 g/mol. The Kier molecular flexibility index (Phi) is 5.23. The van der Waals surface area contributed by atoms with Crippen molar-refractivity contribution in [3.05, 3.63) is 87.9 Å². The van der Waals surface area contributed by atoms with Gasteiger partial charge in [-0.3, -0.25) is 9.59 Å². The van der Waals surface area contributed by atoms with E-state index in [0.717, 1.165) is 54.1 Å². The molecule has 2 aliphatic carbocycles. The van der Waals surface area contributed by atoms with Crippen LogP contribution in [-0.2, 0) is 20.9 Å². The second-order valence-corrected chi connectivity index (χ2v) is 8.61. The molecule has 0 spiro atoms. The molecule has 4 heteroatoms. The molecule has 5 rings (SSSR count). The largest absolute Gasteiger partial charge is 0.489 e. The summed E-state index contributed by atoms with van der Waals surface area (Å²) in [5, 5.41) is 0. The number of allylic oxidation sites excluding steroid dienone is 4. The molecule has 2 aromatic rings. The summed E-state index contributed by atoms with van der Waals surface area (Å²) in [6.07, 6.45) is 4.19. The predicted molar refractivity (Wildman–Crippen MR) is 118 cm³/mol. The molecular formula is C27H26O4. The highest BCUT2D eigenvalue weighted by Crippen LogP contribution is 2.47. The highest BCUT2D eigenvalue weighted by molar-refractivity contribution is 6.05. The van der Waals surface area contributed by atoms with E-state index in [0.29, 0.717) is 30.6 Å². The topological polar surface area (TPSA) is 52.6 Å². The van der Waals surface area contributed by atoms with Gasteiger partial charge in [0.05, 0.1) is 0 Å². The van der Waals surface area contributed by atoms with Gasteiger partial charge in [0.1, 0.15) is 23.9 Å². The SMILES string of the molecule is Cc1ccc(COc2ccc(C3C4=C(CCCC4=O)OC4=C3C(=O)CCC4)cc2)cc1. The van der Waals surface area contributed by atoms with Crippen molar-refractivity contribution in [3.63, 3.8) is 0 Å². The number of benzene rings is 2. The molecule has 0 fully saturated rings. The van der Waals surface area contributed by atoms with Crippen molar-refractivity contribution < 1.29 is 19.1 Å². The average Bonchev–Trinajstić information content (AvgIpc) is 2.78. The Hall–Kier alpha value is -3.14. The fourth-order valence-corrected chi connectivity index (χ4v) is 4.76. The van der Waals surface area contributed by atoms with E-state index in [9.17, 15) is 9.59 Å². The summed E-state index contributed by atoms with van der Waals surface area (Å²) in [4.78, 5) is 25.7. The Balaban J connectivity index is 1.43. The first kappa shape index (κ1) is 19.8. The lowest BCUT2D eigenvalue weighted by molar-refractivity contribution is -0.117. The van der Waals surface area contributed by atoms with Crippen molar-refractivity contribution in [3.8, 4) is 5.75 Å². The minimum atomic E-state index is -0.314. The van der Waals surface area contributed by atoms with Crippen LogP contribution in [0.3, 0.4) is 0 Å². The summed E-state index contributed by atoms with van der Waals surface area (Å²) in [6, 6.07) is 16.1. The Morgan fingerprint density at radius 1 is 0.806 bits per heavy atom. The number of rotatable bonds is 4. The van der Waals surface area contributed by atoms with E-state index in [-0.39, 0.29) is 17.5 Å². The predicted octanol–water partition coefficient (Wildman–Crippen LogP) is 5.70. The van der Waals surface area contributed by atoms with Crippen molar-refractivity contribution in [2.75, 3.05) is 0 Å². The first-order valence-corrected chi connectivity index (χ1v) is 11.1. The number of hydrogen-bond donors (Lipinski definition) is 0. The van der Waals surface area contributed by atoms with Crippen LogP contribution in [0.25, 0.3) is 0 Å². The molecule has 2 aromatic carbocycles. The van der Waals surface area contributed by atoms with E-state index in [1.807, 2.05) is 24.3 Å². The number of ketones is 2. The highest BCUT2D eigenvalue weighted by Gasteiger charge is 2.41. The van der Waals surface area contributed by atoms with E-state index >= 15 is 0 Å². The Morgan fingerprint density at radius 2 is 1.39 bits per heavy atom. The van der Waals surface area contributed by atoms with Crippen LogP contribution in [0.4, 0.5) is 0 Å². The smallest absolute Gasteiger partial charge is 0.163 e. The minimum absolute atomic E-state index is 0.107. The van der Waals surface area contributed by atoms with Gasteiger partial charge in [0, 0.05) is 42.7 Å². The number of Topliss-reactive ketones (excluding diaryl/α,β-unsaturated/α-hetero) is 2. The van der Waals surface area contributed by atoms with Gasteiger partial charge in [0.2, 0.25) is 0 Å². The Morgan fingerprint density at radius 3 is 1.97 bits per heavy atom. The van der Waals surface area contributed by atoms with Crippen LogP contribution in [0.2, 0.25) is 0 Å². The van der Waals surface area contributed by atoms with E-state index in [4.69, 9.17) is 9.47 Å². The van der Waals surface area contributed by atoms with Gasteiger partial charge in [0.25, 0.3) is 0 Å². The van der Waals surface area contributed by atoms with Gasteiger partial charge < -0.3 is 9.47 Å². The second-order valence-electron chi connectivity index (χ2n) is 8.61. The van der Waals surface area contributed by atoms with E-state index in [2.05, 4.69) is 31.2 Å². The molecular weight excluding hydrogens is 388 g/mol. The summed E-state index contributed by atoms with van der Waals surface area (Å²) in [5.41, 5.74) is 4.67. The van der Waals surface area contributed by atoms with Gasteiger partial charge >= 0.3 is 0 Å². The quantitative estimate of drug-likeness (QED) is 0.644. The maximum Gasteiger partial charge on any atom is 0.163 e. The molecule has 1 aliphatic heterocycles. The van der Waals surface area contributed by atoms with Gasteiger partial charge in [-0.15, -0.1) is 0 Å².